The molecule has 3 heterocycles. The molecule has 1 aliphatic heterocycles. The monoisotopic (exact) mass is 353 g/mol. The van der Waals surface area contributed by atoms with Crippen LogP contribution in [0.1, 0.15) is 31.7 Å². The molecule has 0 spiro atoms. The highest BCUT2D eigenvalue weighted by atomic mass is 16.5. The number of hydrogen-bond donors (Lipinski definition) is 1. The van der Waals surface area contributed by atoms with Crippen LogP contribution < -0.4 is 0 Å². The molecule has 1 aromatic carbocycles. The number of para-hydroxylation sites is 1. The van der Waals surface area contributed by atoms with E-state index in [0.29, 0.717) is 13.2 Å². The number of ether oxygens (including phenoxy) is 1. The maximum atomic E-state index is 12.3. The Morgan fingerprint density at radius 2 is 2.27 bits per heavy atom. The van der Waals surface area contributed by atoms with Gasteiger partial charge in [0, 0.05) is 17.5 Å². The molecule has 26 heavy (non-hydrogen) atoms. The van der Waals surface area contributed by atoms with Crippen LogP contribution in [0.3, 0.4) is 0 Å². The number of carbonyl (C=O) groups excluding carboxylic acids is 1. The molecule has 1 aliphatic rings. The summed E-state index contributed by atoms with van der Waals surface area (Å²) in [5.41, 5.74) is 2.75. The van der Waals surface area contributed by atoms with E-state index in [1.54, 1.807) is 0 Å². The molecule has 2 aromatic heterocycles. The van der Waals surface area contributed by atoms with Gasteiger partial charge in [0.05, 0.1) is 12.8 Å². The standard InChI is InChI=1S/C20H23N3O3/c1-2-25-20(24)16-8-5-6-10-23(16)13-15-12-21-22-19(15)18-11-14-7-3-4-9-17(14)26-18/h3-4,7,9,11-12,16H,2,5-6,8,10,13H2,1H3,(H,21,22)/t16-/m0/s1. The van der Waals surface area contributed by atoms with Crippen molar-refractivity contribution in [2.45, 2.75) is 38.8 Å². The SMILES string of the molecule is CCOC(=O)[C@@H]1CCCCN1Cc1cn[nH]c1-c1cc2ccccc2o1. The van der Waals surface area contributed by atoms with Gasteiger partial charge in [-0.25, -0.2) is 0 Å². The molecule has 0 unspecified atom stereocenters. The summed E-state index contributed by atoms with van der Waals surface area (Å²) in [6.45, 7) is 3.79. The lowest BCUT2D eigenvalue weighted by Crippen LogP contribution is -2.44. The van der Waals surface area contributed by atoms with Gasteiger partial charge in [-0.05, 0) is 38.4 Å². The molecule has 0 saturated carbocycles. The fourth-order valence-corrected chi connectivity index (χ4v) is 3.65. The molecule has 1 N–H and O–H groups in total. The number of likely N-dealkylation sites (tertiary alicyclic amines) is 1. The number of esters is 1. The fourth-order valence-electron chi connectivity index (χ4n) is 3.65. The molecule has 136 valence electrons. The van der Waals surface area contributed by atoms with Gasteiger partial charge in [-0.2, -0.15) is 5.10 Å². The van der Waals surface area contributed by atoms with Crippen molar-refractivity contribution in [3.63, 3.8) is 0 Å². The Morgan fingerprint density at radius 1 is 1.38 bits per heavy atom. The zero-order valence-corrected chi connectivity index (χ0v) is 14.9. The third kappa shape index (κ3) is 3.24. The van der Waals surface area contributed by atoms with Crippen molar-refractivity contribution in [2.75, 3.05) is 13.2 Å². The quantitative estimate of drug-likeness (QED) is 0.708. The van der Waals surface area contributed by atoms with Crippen molar-refractivity contribution >= 4 is 16.9 Å². The number of fused-ring (bicyclic) bond motifs is 1. The largest absolute Gasteiger partial charge is 0.465 e. The zero-order valence-electron chi connectivity index (χ0n) is 14.9. The number of nitrogens with one attached hydrogen (secondary N) is 1. The van der Waals surface area contributed by atoms with Crippen LogP contribution in [-0.2, 0) is 16.1 Å². The van der Waals surface area contributed by atoms with E-state index in [0.717, 1.165) is 53.8 Å². The Bertz CT molecular complexity index is 865. The molecule has 6 heteroatoms. The molecule has 1 saturated heterocycles. The fraction of sp³-hybridized carbons (Fsp3) is 0.400. The minimum atomic E-state index is -0.179. The van der Waals surface area contributed by atoms with Gasteiger partial charge in [0.1, 0.15) is 17.3 Å². The second-order valence-electron chi connectivity index (χ2n) is 6.65. The first kappa shape index (κ1) is 16.8. The van der Waals surface area contributed by atoms with Crippen molar-refractivity contribution in [3.05, 3.63) is 42.1 Å². The van der Waals surface area contributed by atoms with Crippen molar-refractivity contribution in [1.82, 2.24) is 15.1 Å². The highest BCUT2D eigenvalue weighted by molar-refractivity contribution is 5.82. The van der Waals surface area contributed by atoms with Gasteiger partial charge in [0.25, 0.3) is 0 Å². The molecule has 3 aromatic rings. The Labute approximate surface area is 152 Å². The average molecular weight is 353 g/mol. The van der Waals surface area contributed by atoms with Crippen molar-refractivity contribution in [3.8, 4) is 11.5 Å². The molecule has 0 amide bonds. The van der Waals surface area contributed by atoms with E-state index in [4.69, 9.17) is 9.15 Å². The van der Waals surface area contributed by atoms with Gasteiger partial charge < -0.3 is 9.15 Å². The van der Waals surface area contributed by atoms with E-state index >= 15 is 0 Å². The number of rotatable bonds is 5. The predicted molar refractivity (Wildman–Crippen MR) is 98.5 cm³/mol. The number of nitrogens with zero attached hydrogens (tertiary/aromatic N) is 2. The van der Waals surface area contributed by atoms with Crippen LogP contribution in [0.15, 0.2) is 40.9 Å². The Morgan fingerprint density at radius 3 is 3.12 bits per heavy atom. The summed E-state index contributed by atoms with van der Waals surface area (Å²) in [6.07, 6.45) is 4.81. The summed E-state index contributed by atoms with van der Waals surface area (Å²) in [4.78, 5) is 14.5. The van der Waals surface area contributed by atoms with Crippen LogP contribution in [0.5, 0.6) is 0 Å². The maximum absolute atomic E-state index is 12.3. The lowest BCUT2D eigenvalue weighted by atomic mass is 10.0. The van der Waals surface area contributed by atoms with Gasteiger partial charge in [-0.15, -0.1) is 0 Å². The average Bonchev–Trinajstić information content (AvgIpc) is 3.28. The first-order valence-electron chi connectivity index (χ1n) is 9.18. The Balaban J connectivity index is 1.59. The van der Waals surface area contributed by atoms with Crippen molar-refractivity contribution < 1.29 is 13.9 Å². The molecule has 0 bridgehead atoms. The van der Waals surface area contributed by atoms with E-state index in [9.17, 15) is 4.79 Å². The van der Waals surface area contributed by atoms with Crippen LogP contribution in [-0.4, -0.2) is 40.3 Å². The number of aromatic amines is 1. The zero-order chi connectivity index (χ0) is 17.9. The van der Waals surface area contributed by atoms with Gasteiger partial charge in [-0.1, -0.05) is 24.6 Å². The summed E-state index contributed by atoms with van der Waals surface area (Å²) in [5.74, 6) is 0.643. The number of hydrogen-bond acceptors (Lipinski definition) is 5. The molecule has 1 fully saturated rings. The minimum Gasteiger partial charge on any atom is -0.465 e. The number of H-pyrrole nitrogens is 1. The summed E-state index contributed by atoms with van der Waals surface area (Å²) >= 11 is 0. The van der Waals surface area contributed by atoms with Gasteiger partial charge in [0.2, 0.25) is 0 Å². The van der Waals surface area contributed by atoms with Crippen molar-refractivity contribution in [1.29, 1.82) is 0 Å². The van der Waals surface area contributed by atoms with Crippen LogP contribution in [0.25, 0.3) is 22.4 Å². The van der Waals surface area contributed by atoms with Crippen LogP contribution in [0, 0.1) is 0 Å². The first-order valence-corrected chi connectivity index (χ1v) is 9.18. The number of benzene rings is 1. The molecule has 4 rings (SSSR count). The van der Waals surface area contributed by atoms with Gasteiger partial charge in [0.15, 0.2) is 5.76 Å². The predicted octanol–water partition coefficient (Wildman–Crippen LogP) is 3.74. The number of aromatic nitrogens is 2. The topological polar surface area (TPSA) is 71.4 Å². The van der Waals surface area contributed by atoms with Crippen molar-refractivity contribution in [2.24, 2.45) is 0 Å². The number of furan rings is 1. The van der Waals surface area contributed by atoms with E-state index in [2.05, 4.69) is 15.1 Å². The lowest BCUT2D eigenvalue weighted by molar-refractivity contribution is -0.151. The minimum absolute atomic E-state index is 0.124. The van der Waals surface area contributed by atoms with E-state index in [1.807, 2.05) is 43.5 Å². The molecule has 0 radical (unpaired) electrons. The van der Waals surface area contributed by atoms with Crippen LogP contribution in [0.4, 0.5) is 0 Å². The molecular weight excluding hydrogens is 330 g/mol. The molecule has 0 aliphatic carbocycles. The first-order chi connectivity index (χ1) is 12.8. The van der Waals surface area contributed by atoms with E-state index in [1.165, 1.54) is 0 Å². The molecule has 1 atom stereocenters. The second-order valence-corrected chi connectivity index (χ2v) is 6.65. The van der Waals surface area contributed by atoms with Crippen LogP contribution in [0.2, 0.25) is 0 Å². The van der Waals surface area contributed by atoms with Crippen LogP contribution >= 0.6 is 0 Å². The third-order valence-electron chi connectivity index (χ3n) is 4.94. The summed E-state index contributed by atoms with van der Waals surface area (Å²) < 4.78 is 11.2. The van der Waals surface area contributed by atoms with E-state index in [-0.39, 0.29) is 12.0 Å². The molecular formula is C20H23N3O3. The lowest BCUT2D eigenvalue weighted by Gasteiger charge is -2.33. The number of piperidine rings is 1. The third-order valence-corrected chi connectivity index (χ3v) is 4.94. The Hall–Kier alpha value is -2.60. The second kappa shape index (κ2) is 7.33. The highest BCUT2D eigenvalue weighted by Gasteiger charge is 2.30. The summed E-state index contributed by atoms with van der Waals surface area (Å²) in [6, 6.07) is 9.78. The number of carbonyl (C=O) groups is 1. The summed E-state index contributed by atoms with van der Waals surface area (Å²) in [7, 11) is 0. The normalized spacial score (nSPS) is 18.3. The van der Waals surface area contributed by atoms with Gasteiger partial charge >= 0.3 is 5.97 Å². The maximum Gasteiger partial charge on any atom is 0.323 e. The highest BCUT2D eigenvalue weighted by Crippen LogP contribution is 2.30. The van der Waals surface area contributed by atoms with E-state index < -0.39 is 0 Å². The molecule has 6 nitrogen and oxygen atoms in total. The smallest absolute Gasteiger partial charge is 0.323 e. The van der Waals surface area contributed by atoms with Gasteiger partial charge in [-0.3, -0.25) is 14.8 Å². The Kier molecular flexibility index (Phi) is 4.75. The summed E-state index contributed by atoms with van der Waals surface area (Å²) in [5, 5.41) is 8.33.